The highest BCUT2D eigenvalue weighted by Crippen LogP contribution is 2.33. The molecular formula is C23H18Cl2NO-. The van der Waals surface area contributed by atoms with Crippen LogP contribution in [-0.2, 0) is 0 Å². The Kier molecular flexibility index (Phi) is 6.00. The summed E-state index contributed by atoms with van der Waals surface area (Å²) < 4.78 is 5.54. The standard InChI is InChI=1S/C23H18ClNO.ClH/c1-2-26-19-11-8-17(9-12-19)23-15-20(16-6-4-3-5-7-16)21-14-18(24)10-13-22(21)25-23;/h3-15H,2H2,1H3;1H/p-1. The molecule has 0 saturated heterocycles. The minimum atomic E-state index is 0. The van der Waals surface area contributed by atoms with Crippen LogP contribution < -0.4 is 17.1 Å². The van der Waals surface area contributed by atoms with Crippen molar-refractivity contribution < 1.29 is 17.1 Å². The van der Waals surface area contributed by atoms with Crippen LogP contribution in [0.5, 0.6) is 5.75 Å². The molecule has 0 amide bonds. The maximum atomic E-state index is 6.24. The number of aromatic nitrogens is 1. The summed E-state index contributed by atoms with van der Waals surface area (Å²) in [6.45, 7) is 2.64. The second-order valence-electron chi connectivity index (χ2n) is 6.04. The predicted octanol–water partition coefficient (Wildman–Crippen LogP) is 3.62. The fourth-order valence-corrected chi connectivity index (χ4v) is 3.26. The van der Waals surface area contributed by atoms with Gasteiger partial charge in [0.2, 0.25) is 0 Å². The molecule has 136 valence electrons. The van der Waals surface area contributed by atoms with Gasteiger partial charge in [-0.15, -0.1) is 0 Å². The van der Waals surface area contributed by atoms with Gasteiger partial charge >= 0.3 is 0 Å². The summed E-state index contributed by atoms with van der Waals surface area (Å²) in [5, 5.41) is 1.77. The topological polar surface area (TPSA) is 22.1 Å². The Balaban J connectivity index is 0.00000210. The molecule has 2 nitrogen and oxygen atoms in total. The number of benzene rings is 3. The summed E-state index contributed by atoms with van der Waals surface area (Å²) in [5.41, 5.74) is 5.19. The monoisotopic (exact) mass is 394 g/mol. The van der Waals surface area contributed by atoms with Gasteiger partial charge in [0.15, 0.2) is 0 Å². The van der Waals surface area contributed by atoms with Gasteiger partial charge in [-0.05, 0) is 66.6 Å². The van der Waals surface area contributed by atoms with E-state index in [9.17, 15) is 0 Å². The number of hydrogen-bond donors (Lipinski definition) is 0. The van der Waals surface area contributed by atoms with E-state index in [-0.39, 0.29) is 12.4 Å². The molecule has 0 spiro atoms. The third kappa shape index (κ3) is 4.08. The van der Waals surface area contributed by atoms with Gasteiger partial charge in [-0.1, -0.05) is 41.9 Å². The minimum Gasteiger partial charge on any atom is -1.00 e. The number of nitrogens with zero attached hydrogens (tertiary/aromatic N) is 1. The third-order valence-corrected chi connectivity index (χ3v) is 4.55. The lowest BCUT2D eigenvalue weighted by Crippen LogP contribution is -3.00. The summed E-state index contributed by atoms with van der Waals surface area (Å²) in [6, 6.07) is 26.3. The van der Waals surface area contributed by atoms with E-state index in [2.05, 4.69) is 18.2 Å². The van der Waals surface area contributed by atoms with E-state index in [1.54, 1.807) is 0 Å². The molecule has 0 saturated carbocycles. The number of ether oxygens (including phenoxy) is 1. The zero-order valence-electron chi connectivity index (χ0n) is 14.8. The Morgan fingerprint density at radius 2 is 1.59 bits per heavy atom. The average Bonchev–Trinajstić information content (AvgIpc) is 2.69. The molecule has 4 rings (SSSR count). The van der Waals surface area contributed by atoms with Crippen LogP contribution in [-0.4, -0.2) is 11.6 Å². The molecule has 1 heterocycles. The number of rotatable bonds is 4. The zero-order valence-corrected chi connectivity index (χ0v) is 16.3. The van der Waals surface area contributed by atoms with E-state index >= 15 is 0 Å². The van der Waals surface area contributed by atoms with E-state index in [1.165, 1.54) is 0 Å². The highest BCUT2D eigenvalue weighted by molar-refractivity contribution is 6.31. The average molecular weight is 395 g/mol. The van der Waals surface area contributed by atoms with Gasteiger partial charge in [-0.3, -0.25) is 0 Å². The van der Waals surface area contributed by atoms with Crippen LogP contribution in [0.3, 0.4) is 0 Å². The molecular weight excluding hydrogens is 377 g/mol. The molecule has 3 aromatic carbocycles. The molecule has 0 bridgehead atoms. The quantitative estimate of drug-likeness (QED) is 0.527. The lowest BCUT2D eigenvalue weighted by Gasteiger charge is -2.11. The summed E-state index contributed by atoms with van der Waals surface area (Å²) in [5.74, 6) is 0.868. The molecule has 0 aliphatic rings. The van der Waals surface area contributed by atoms with Crippen molar-refractivity contribution in [3.05, 3.63) is 83.9 Å². The zero-order chi connectivity index (χ0) is 17.9. The molecule has 1 aromatic heterocycles. The van der Waals surface area contributed by atoms with Crippen LogP contribution in [0.15, 0.2) is 78.9 Å². The molecule has 0 aliphatic carbocycles. The summed E-state index contributed by atoms with van der Waals surface area (Å²) >= 11 is 6.24. The van der Waals surface area contributed by atoms with Crippen LogP contribution in [0, 0.1) is 0 Å². The van der Waals surface area contributed by atoms with Gasteiger partial charge in [0.05, 0.1) is 17.8 Å². The van der Waals surface area contributed by atoms with Crippen molar-refractivity contribution in [3.63, 3.8) is 0 Å². The molecule has 0 aliphatic heterocycles. The summed E-state index contributed by atoms with van der Waals surface area (Å²) in [7, 11) is 0. The van der Waals surface area contributed by atoms with Crippen molar-refractivity contribution in [1.29, 1.82) is 0 Å². The third-order valence-electron chi connectivity index (χ3n) is 4.32. The van der Waals surface area contributed by atoms with Gasteiger partial charge in [0.25, 0.3) is 0 Å². The van der Waals surface area contributed by atoms with Crippen molar-refractivity contribution in [2.75, 3.05) is 6.61 Å². The molecule has 4 aromatic rings. The normalized spacial score (nSPS) is 10.4. The van der Waals surface area contributed by atoms with Crippen molar-refractivity contribution in [3.8, 4) is 28.1 Å². The first-order valence-electron chi connectivity index (χ1n) is 8.63. The molecule has 0 radical (unpaired) electrons. The lowest BCUT2D eigenvalue weighted by atomic mass is 9.98. The van der Waals surface area contributed by atoms with Crippen molar-refractivity contribution in [1.82, 2.24) is 4.98 Å². The van der Waals surface area contributed by atoms with E-state index in [0.717, 1.165) is 39.0 Å². The first-order valence-corrected chi connectivity index (χ1v) is 9.01. The largest absolute Gasteiger partial charge is 1.00 e. The highest BCUT2D eigenvalue weighted by atomic mass is 35.5. The van der Waals surface area contributed by atoms with Crippen molar-refractivity contribution >= 4 is 22.5 Å². The van der Waals surface area contributed by atoms with Gasteiger partial charge in [-0.2, -0.15) is 0 Å². The summed E-state index contributed by atoms with van der Waals surface area (Å²) in [6.07, 6.45) is 0. The first kappa shape index (κ1) is 19.2. The maximum absolute atomic E-state index is 6.24. The van der Waals surface area contributed by atoms with Gasteiger partial charge in [0, 0.05) is 16.0 Å². The van der Waals surface area contributed by atoms with E-state index in [1.807, 2.05) is 67.6 Å². The Morgan fingerprint density at radius 3 is 2.30 bits per heavy atom. The van der Waals surface area contributed by atoms with Crippen molar-refractivity contribution in [2.45, 2.75) is 6.92 Å². The van der Waals surface area contributed by atoms with E-state index < -0.39 is 0 Å². The number of hydrogen-bond acceptors (Lipinski definition) is 2. The van der Waals surface area contributed by atoms with E-state index in [0.29, 0.717) is 11.6 Å². The fraction of sp³-hybridized carbons (Fsp3) is 0.0870. The maximum Gasteiger partial charge on any atom is 0.119 e. The van der Waals surface area contributed by atoms with Crippen LogP contribution in [0.2, 0.25) is 5.02 Å². The molecule has 0 fully saturated rings. The minimum absolute atomic E-state index is 0. The number of fused-ring (bicyclic) bond motifs is 1. The van der Waals surface area contributed by atoms with Gasteiger partial charge in [0.1, 0.15) is 5.75 Å². The Hall–Kier alpha value is -2.55. The Labute approximate surface area is 170 Å². The van der Waals surface area contributed by atoms with Gasteiger partial charge in [-0.25, -0.2) is 4.98 Å². The van der Waals surface area contributed by atoms with Gasteiger partial charge < -0.3 is 17.1 Å². The second-order valence-corrected chi connectivity index (χ2v) is 6.48. The second kappa shape index (κ2) is 8.43. The Morgan fingerprint density at radius 1 is 0.852 bits per heavy atom. The molecule has 0 unspecified atom stereocenters. The number of pyridine rings is 1. The van der Waals surface area contributed by atoms with Crippen LogP contribution in [0.4, 0.5) is 0 Å². The molecule has 27 heavy (non-hydrogen) atoms. The van der Waals surface area contributed by atoms with Crippen LogP contribution in [0.1, 0.15) is 6.92 Å². The fourth-order valence-electron chi connectivity index (χ4n) is 3.09. The molecule has 0 atom stereocenters. The van der Waals surface area contributed by atoms with E-state index in [4.69, 9.17) is 21.3 Å². The summed E-state index contributed by atoms with van der Waals surface area (Å²) in [4.78, 5) is 4.85. The Bertz CT molecular complexity index is 1050. The van der Waals surface area contributed by atoms with Crippen LogP contribution in [0.25, 0.3) is 33.3 Å². The van der Waals surface area contributed by atoms with Crippen LogP contribution >= 0.6 is 11.6 Å². The molecule has 0 N–H and O–H groups in total. The lowest BCUT2D eigenvalue weighted by molar-refractivity contribution is -0.00000559. The smallest absolute Gasteiger partial charge is 0.119 e. The SMILES string of the molecule is CCOc1ccc(-c2cc(-c3ccccc3)c3cc(Cl)ccc3n2)cc1.[Cl-]. The predicted molar refractivity (Wildman–Crippen MR) is 109 cm³/mol. The highest BCUT2D eigenvalue weighted by Gasteiger charge is 2.10. The van der Waals surface area contributed by atoms with Crippen molar-refractivity contribution in [2.24, 2.45) is 0 Å². The number of halogens is 2. The first-order chi connectivity index (χ1) is 12.7. The molecule has 4 heteroatoms.